The van der Waals surface area contributed by atoms with Gasteiger partial charge in [0.15, 0.2) is 0 Å². The molecule has 0 radical (unpaired) electrons. The number of benzene rings is 3. The van der Waals surface area contributed by atoms with E-state index in [1.165, 1.54) is 11.1 Å². The van der Waals surface area contributed by atoms with Gasteiger partial charge in [0.05, 0.1) is 5.69 Å². The Bertz CT molecular complexity index is 973. The predicted molar refractivity (Wildman–Crippen MR) is 106 cm³/mol. The van der Waals surface area contributed by atoms with Crippen molar-refractivity contribution in [1.29, 1.82) is 0 Å². The number of rotatable bonds is 4. The molecule has 2 heteroatoms. The Morgan fingerprint density at radius 3 is 1.85 bits per heavy atom. The highest BCUT2D eigenvalue weighted by Gasteiger charge is 2.03. The minimum Gasteiger partial charge on any atom is -0.457 e. The van der Waals surface area contributed by atoms with Gasteiger partial charge in [-0.15, -0.1) is 0 Å². The van der Waals surface area contributed by atoms with Gasteiger partial charge in [-0.05, 0) is 55.0 Å². The Morgan fingerprint density at radius 1 is 0.577 bits per heavy atom. The van der Waals surface area contributed by atoms with Crippen molar-refractivity contribution in [2.45, 2.75) is 6.92 Å². The summed E-state index contributed by atoms with van der Waals surface area (Å²) < 4.78 is 5.84. The summed E-state index contributed by atoms with van der Waals surface area (Å²) in [7, 11) is 0. The number of hydrogen-bond donors (Lipinski definition) is 0. The van der Waals surface area contributed by atoms with Crippen molar-refractivity contribution in [1.82, 2.24) is 4.98 Å². The van der Waals surface area contributed by atoms with Crippen LogP contribution >= 0.6 is 0 Å². The molecule has 0 saturated heterocycles. The van der Waals surface area contributed by atoms with Crippen LogP contribution in [0.3, 0.4) is 0 Å². The Hall–Kier alpha value is -3.39. The molecule has 1 heterocycles. The average Bonchev–Trinajstić information content (AvgIpc) is 2.70. The molecule has 0 aliphatic carbocycles. The summed E-state index contributed by atoms with van der Waals surface area (Å²) in [6, 6.07) is 30.5. The third-order valence-corrected chi connectivity index (χ3v) is 4.28. The number of aryl methyl sites for hydroxylation is 1. The van der Waals surface area contributed by atoms with Crippen LogP contribution in [0.5, 0.6) is 11.5 Å². The molecular weight excluding hydrogens is 318 g/mol. The number of pyridine rings is 1. The van der Waals surface area contributed by atoms with Crippen LogP contribution in [0.4, 0.5) is 0 Å². The molecule has 0 amide bonds. The largest absolute Gasteiger partial charge is 0.457 e. The molecule has 3 aromatic carbocycles. The summed E-state index contributed by atoms with van der Waals surface area (Å²) in [5.41, 5.74) is 5.59. The molecule has 0 N–H and O–H groups in total. The molecule has 26 heavy (non-hydrogen) atoms. The van der Waals surface area contributed by atoms with Crippen LogP contribution < -0.4 is 4.74 Å². The van der Waals surface area contributed by atoms with E-state index < -0.39 is 0 Å². The molecule has 0 aliphatic rings. The lowest BCUT2D eigenvalue weighted by Gasteiger charge is -2.07. The van der Waals surface area contributed by atoms with Crippen LogP contribution in [-0.4, -0.2) is 4.98 Å². The Morgan fingerprint density at radius 2 is 1.19 bits per heavy atom. The van der Waals surface area contributed by atoms with Crippen LogP contribution in [0.2, 0.25) is 0 Å². The molecule has 4 aromatic rings. The van der Waals surface area contributed by atoms with Gasteiger partial charge in [-0.1, -0.05) is 54.1 Å². The lowest BCUT2D eigenvalue weighted by Crippen LogP contribution is -1.87. The number of ether oxygens (including phenoxy) is 1. The zero-order chi connectivity index (χ0) is 17.8. The zero-order valence-electron chi connectivity index (χ0n) is 14.6. The van der Waals surface area contributed by atoms with E-state index in [-0.39, 0.29) is 0 Å². The van der Waals surface area contributed by atoms with Crippen molar-refractivity contribution in [3.8, 4) is 33.9 Å². The summed E-state index contributed by atoms with van der Waals surface area (Å²) >= 11 is 0. The van der Waals surface area contributed by atoms with E-state index in [1.807, 2.05) is 60.8 Å². The Balaban J connectivity index is 1.51. The minimum atomic E-state index is 0.816. The van der Waals surface area contributed by atoms with E-state index in [2.05, 4.69) is 48.3 Å². The molecule has 2 nitrogen and oxygen atoms in total. The molecule has 0 spiro atoms. The molecule has 0 bridgehead atoms. The van der Waals surface area contributed by atoms with Crippen molar-refractivity contribution in [3.63, 3.8) is 0 Å². The van der Waals surface area contributed by atoms with Gasteiger partial charge in [0, 0.05) is 17.3 Å². The number of aromatic nitrogens is 1. The average molecular weight is 337 g/mol. The first-order valence-electron chi connectivity index (χ1n) is 8.64. The van der Waals surface area contributed by atoms with Crippen molar-refractivity contribution in [3.05, 3.63) is 103 Å². The lowest BCUT2D eigenvalue weighted by atomic mass is 10.0. The molecular formula is C24H19NO. The van der Waals surface area contributed by atoms with Crippen LogP contribution in [0.15, 0.2) is 97.2 Å². The maximum Gasteiger partial charge on any atom is 0.127 e. The maximum absolute atomic E-state index is 5.84. The van der Waals surface area contributed by atoms with Crippen LogP contribution in [0, 0.1) is 6.92 Å². The van der Waals surface area contributed by atoms with Crippen LogP contribution in [-0.2, 0) is 0 Å². The molecule has 0 aliphatic heterocycles. The molecule has 0 atom stereocenters. The standard InChI is InChI=1S/C24H19NO/c1-18-7-9-19(10-8-18)21-13-16-24(25-17-21)20-11-14-23(15-12-20)26-22-5-3-2-4-6-22/h2-17H,1H3. The second-order valence-electron chi connectivity index (χ2n) is 6.24. The minimum absolute atomic E-state index is 0.816. The maximum atomic E-state index is 5.84. The van der Waals surface area contributed by atoms with Gasteiger partial charge in [-0.3, -0.25) is 4.98 Å². The topological polar surface area (TPSA) is 22.1 Å². The van der Waals surface area contributed by atoms with Gasteiger partial charge in [0.25, 0.3) is 0 Å². The highest BCUT2D eigenvalue weighted by Crippen LogP contribution is 2.26. The second-order valence-corrected chi connectivity index (χ2v) is 6.24. The zero-order valence-corrected chi connectivity index (χ0v) is 14.6. The number of hydrogen-bond acceptors (Lipinski definition) is 2. The van der Waals surface area contributed by atoms with Crippen LogP contribution in [0.25, 0.3) is 22.4 Å². The Kier molecular flexibility index (Phi) is 4.48. The fraction of sp³-hybridized carbons (Fsp3) is 0.0417. The fourth-order valence-corrected chi connectivity index (χ4v) is 2.80. The smallest absolute Gasteiger partial charge is 0.127 e. The highest BCUT2D eigenvalue weighted by atomic mass is 16.5. The first-order valence-corrected chi connectivity index (χ1v) is 8.64. The van der Waals surface area contributed by atoms with E-state index in [0.29, 0.717) is 0 Å². The third-order valence-electron chi connectivity index (χ3n) is 4.28. The number of nitrogens with zero attached hydrogens (tertiary/aromatic N) is 1. The molecule has 0 saturated carbocycles. The first-order chi connectivity index (χ1) is 12.8. The van der Waals surface area contributed by atoms with E-state index in [1.54, 1.807) is 0 Å². The lowest BCUT2D eigenvalue weighted by molar-refractivity contribution is 0.483. The monoisotopic (exact) mass is 337 g/mol. The summed E-state index contributed by atoms with van der Waals surface area (Å²) in [5, 5.41) is 0. The van der Waals surface area contributed by atoms with Gasteiger partial charge in [-0.2, -0.15) is 0 Å². The molecule has 0 unspecified atom stereocenters. The number of para-hydroxylation sites is 1. The summed E-state index contributed by atoms with van der Waals surface area (Å²) in [5.74, 6) is 1.65. The fourth-order valence-electron chi connectivity index (χ4n) is 2.80. The normalized spacial score (nSPS) is 10.5. The third kappa shape index (κ3) is 3.65. The van der Waals surface area contributed by atoms with Crippen molar-refractivity contribution in [2.75, 3.05) is 0 Å². The predicted octanol–water partition coefficient (Wildman–Crippen LogP) is 6.52. The van der Waals surface area contributed by atoms with E-state index in [4.69, 9.17) is 4.74 Å². The Labute approximate surface area is 153 Å². The van der Waals surface area contributed by atoms with Crippen molar-refractivity contribution in [2.24, 2.45) is 0 Å². The van der Waals surface area contributed by atoms with Gasteiger partial charge in [-0.25, -0.2) is 0 Å². The van der Waals surface area contributed by atoms with Gasteiger partial charge in [0.2, 0.25) is 0 Å². The van der Waals surface area contributed by atoms with Gasteiger partial charge in [0.1, 0.15) is 11.5 Å². The SMILES string of the molecule is Cc1ccc(-c2ccc(-c3ccc(Oc4ccccc4)cc3)nc2)cc1. The molecule has 4 rings (SSSR count). The summed E-state index contributed by atoms with van der Waals surface area (Å²) in [6.07, 6.45) is 1.92. The quantitative estimate of drug-likeness (QED) is 0.423. The first kappa shape index (κ1) is 16.1. The van der Waals surface area contributed by atoms with Crippen LogP contribution in [0.1, 0.15) is 5.56 Å². The summed E-state index contributed by atoms with van der Waals surface area (Å²) in [4.78, 5) is 4.62. The molecule has 0 fully saturated rings. The van der Waals surface area contributed by atoms with Crippen molar-refractivity contribution >= 4 is 0 Å². The molecule has 126 valence electrons. The van der Waals surface area contributed by atoms with E-state index in [0.717, 1.165) is 28.3 Å². The second kappa shape index (κ2) is 7.24. The van der Waals surface area contributed by atoms with Crippen molar-refractivity contribution < 1.29 is 4.74 Å². The van der Waals surface area contributed by atoms with Gasteiger partial charge >= 0.3 is 0 Å². The highest BCUT2D eigenvalue weighted by molar-refractivity contribution is 5.67. The van der Waals surface area contributed by atoms with Gasteiger partial charge < -0.3 is 4.74 Å². The molecule has 1 aromatic heterocycles. The van der Waals surface area contributed by atoms with E-state index >= 15 is 0 Å². The van der Waals surface area contributed by atoms with E-state index in [9.17, 15) is 0 Å². The summed E-state index contributed by atoms with van der Waals surface area (Å²) in [6.45, 7) is 2.09.